The van der Waals surface area contributed by atoms with Crippen molar-refractivity contribution in [2.45, 2.75) is 38.3 Å². The van der Waals surface area contributed by atoms with Gasteiger partial charge in [0.05, 0.1) is 6.54 Å². The summed E-state index contributed by atoms with van der Waals surface area (Å²) in [5.74, 6) is 0.276. The molecule has 0 radical (unpaired) electrons. The van der Waals surface area contributed by atoms with Crippen LogP contribution in [0.3, 0.4) is 0 Å². The normalized spacial score (nSPS) is 27.1. The highest BCUT2D eigenvalue weighted by molar-refractivity contribution is 5.78. The highest BCUT2D eigenvalue weighted by Gasteiger charge is 2.27. The van der Waals surface area contributed by atoms with E-state index in [9.17, 15) is 4.79 Å². The van der Waals surface area contributed by atoms with Crippen molar-refractivity contribution in [3.63, 3.8) is 0 Å². The minimum absolute atomic E-state index is 0.276. The summed E-state index contributed by atoms with van der Waals surface area (Å²) in [6.07, 6.45) is 3.61. The third-order valence-corrected chi connectivity index (χ3v) is 3.72. The van der Waals surface area contributed by atoms with Gasteiger partial charge >= 0.3 is 0 Å². The first-order valence-electron chi connectivity index (χ1n) is 6.42. The molecule has 1 aliphatic heterocycles. The summed E-state index contributed by atoms with van der Waals surface area (Å²) >= 11 is 0. The lowest BCUT2D eigenvalue weighted by atomic mass is 10.1. The van der Waals surface area contributed by atoms with Crippen molar-refractivity contribution >= 4 is 5.91 Å². The molecule has 1 saturated carbocycles. The van der Waals surface area contributed by atoms with E-state index in [1.807, 2.05) is 4.90 Å². The molecule has 2 aliphatic rings. The molecule has 1 unspecified atom stereocenters. The van der Waals surface area contributed by atoms with Gasteiger partial charge in [-0.2, -0.15) is 0 Å². The Morgan fingerprint density at radius 1 is 1.38 bits per heavy atom. The summed E-state index contributed by atoms with van der Waals surface area (Å²) in [6.45, 7) is 5.52. The second kappa shape index (κ2) is 5.15. The molecule has 0 bridgehead atoms. The van der Waals surface area contributed by atoms with E-state index in [4.69, 9.17) is 0 Å². The van der Waals surface area contributed by atoms with Gasteiger partial charge in [-0.1, -0.05) is 6.92 Å². The Kier molecular flexibility index (Phi) is 3.82. The first-order valence-corrected chi connectivity index (χ1v) is 6.42. The summed E-state index contributed by atoms with van der Waals surface area (Å²) in [5, 5.41) is 3.29. The lowest BCUT2D eigenvalue weighted by molar-refractivity contribution is -0.133. The highest BCUT2D eigenvalue weighted by Crippen LogP contribution is 2.18. The van der Waals surface area contributed by atoms with Crippen molar-refractivity contribution in [2.24, 2.45) is 0 Å². The van der Waals surface area contributed by atoms with E-state index in [2.05, 4.69) is 24.2 Å². The van der Waals surface area contributed by atoms with Gasteiger partial charge in [0.15, 0.2) is 0 Å². The Labute approximate surface area is 98.0 Å². The van der Waals surface area contributed by atoms with Gasteiger partial charge in [0.2, 0.25) is 5.91 Å². The molecule has 1 N–H and O–H groups in total. The van der Waals surface area contributed by atoms with E-state index in [1.54, 1.807) is 0 Å². The summed E-state index contributed by atoms with van der Waals surface area (Å²) in [4.78, 5) is 16.3. The molecule has 4 heteroatoms. The van der Waals surface area contributed by atoms with Crippen LogP contribution in [0.4, 0.5) is 0 Å². The molecule has 0 aromatic heterocycles. The number of rotatable bonds is 4. The van der Waals surface area contributed by atoms with Crippen LogP contribution < -0.4 is 5.32 Å². The van der Waals surface area contributed by atoms with E-state index >= 15 is 0 Å². The van der Waals surface area contributed by atoms with Gasteiger partial charge in [-0.25, -0.2) is 0 Å². The Balaban J connectivity index is 1.77. The molecular weight excluding hydrogens is 202 g/mol. The molecule has 2 fully saturated rings. The fraction of sp³-hybridized carbons (Fsp3) is 0.917. The van der Waals surface area contributed by atoms with Crippen LogP contribution in [0.5, 0.6) is 0 Å². The maximum absolute atomic E-state index is 11.9. The minimum atomic E-state index is 0.276. The summed E-state index contributed by atoms with van der Waals surface area (Å²) in [5.41, 5.74) is 0. The van der Waals surface area contributed by atoms with Gasteiger partial charge in [0.1, 0.15) is 0 Å². The maximum Gasteiger partial charge on any atom is 0.236 e. The van der Waals surface area contributed by atoms with Crippen molar-refractivity contribution in [2.75, 3.05) is 33.2 Å². The van der Waals surface area contributed by atoms with Crippen LogP contribution >= 0.6 is 0 Å². The summed E-state index contributed by atoms with van der Waals surface area (Å²) in [6, 6.07) is 1.16. The van der Waals surface area contributed by atoms with Crippen LogP contribution in [-0.2, 0) is 4.79 Å². The second-order valence-electron chi connectivity index (χ2n) is 5.04. The van der Waals surface area contributed by atoms with Gasteiger partial charge in [-0.05, 0) is 26.3 Å². The molecule has 0 spiro atoms. The SMILES string of the molecule is CCC1CN(C(=O)CNC2CC2)CCN1C. The number of hydrogen-bond acceptors (Lipinski definition) is 3. The number of carbonyl (C=O) groups is 1. The van der Waals surface area contributed by atoms with Crippen LogP contribution in [0.25, 0.3) is 0 Å². The topological polar surface area (TPSA) is 35.6 Å². The zero-order valence-corrected chi connectivity index (χ0v) is 10.4. The number of nitrogens with one attached hydrogen (secondary N) is 1. The number of nitrogens with zero attached hydrogens (tertiary/aromatic N) is 2. The van der Waals surface area contributed by atoms with Crippen LogP contribution in [0.1, 0.15) is 26.2 Å². The molecule has 0 aromatic carbocycles. The van der Waals surface area contributed by atoms with Crippen LogP contribution in [-0.4, -0.2) is 61.0 Å². The number of likely N-dealkylation sites (N-methyl/N-ethyl adjacent to an activating group) is 1. The first-order chi connectivity index (χ1) is 7.70. The molecule has 92 valence electrons. The van der Waals surface area contributed by atoms with Crippen LogP contribution in [0.15, 0.2) is 0 Å². The highest BCUT2D eigenvalue weighted by atomic mass is 16.2. The lowest BCUT2D eigenvalue weighted by Crippen LogP contribution is -2.54. The van der Waals surface area contributed by atoms with Gasteiger partial charge in [0.25, 0.3) is 0 Å². The van der Waals surface area contributed by atoms with E-state index < -0.39 is 0 Å². The number of piperazine rings is 1. The summed E-state index contributed by atoms with van der Waals surface area (Å²) < 4.78 is 0. The Morgan fingerprint density at radius 3 is 2.75 bits per heavy atom. The van der Waals surface area contributed by atoms with Crippen molar-refractivity contribution in [1.29, 1.82) is 0 Å². The van der Waals surface area contributed by atoms with Crippen LogP contribution in [0, 0.1) is 0 Å². The lowest BCUT2D eigenvalue weighted by Gasteiger charge is -2.39. The smallest absolute Gasteiger partial charge is 0.236 e. The zero-order valence-electron chi connectivity index (χ0n) is 10.4. The molecule has 1 aliphatic carbocycles. The quantitative estimate of drug-likeness (QED) is 0.747. The van der Waals surface area contributed by atoms with E-state index in [0.29, 0.717) is 18.6 Å². The van der Waals surface area contributed by atoms with Crippen molar-refractivity contribution in [3.8, 4) is 0 Å². The number of carbonyl (C=O) groups excluding carboxylic acids is 1. The molecule has 4 nitrogen and oxygen atoms in total. The number of hydrogen-bond donors (Lipinski definition) is 1. The fourth-order valence-corrected chi connectivity index (χ4v) is 2.24. The monoisotopic (exact) mass is 225 g/mol. The molecule has 16 heavy (non-hydrogen) atoms. The molecule has 1 heterocycles. The van der Waals surface area contributed by atoms with Crippen molar-refractivity contribution in [3.05, 3.63) is 0 Å². The third-order valence-electron chi connectivity index (χ3n) is 3.72. The maximum atomic E-state index is 11.9. The predicted octanol–water partition coefficient (Wildman–Crippen LogP) is 0.291. The van der Waals surface area contributed by atoms with Crippen molar-refractivity contribution in [1.82, 2.24) is 15.1 Å². The minimum Gasteiger partial charge on any atom is -0.339 e. The fourth-order valence-electron chi connectivity index (χ4n) is 2.24. The average molecular weight is 225 g/mol. The predicted molar refractivity (Wildman–Crippen MR) is 64.3 cm³/mol. The Hall–Kier alpha value is -0.610. The van der Waals surface area contributed by atoms with Crippen LogP contribution in [0.2, 0.25) is 0 Å². The molecular formula is C12H23N3O. The molecule has 1 amide bonds. The van der Waals surface area contributed by atoms with E-state index in [-0.39, 0.29) is 5.91 Å². The average Bonchev–Trinajstić information content (AvgIpc) is 3.10. The standard InChI is InChI=1S/C12H23N3O/c1-3-11-9-15(7-6-14(11)2)12(16)8-13-10-4-5-10/h10-11,13H,3-9H2,1-2H3. The molecule has 2 rings (SSSR count). The van der Waals surface area contributed by atoms with E-state index in [1.165, 1.54) is 12.8 Å². The molecule has 0 aromatic rings. The Morgan fingerprint density at radius 2 is 2.12 bits per heavy atom. The second-order valence-corrected chi connectivity index (χ2v) is 5.04. The third kappa shape index (κ3) is 2.95. The van der Waals surface area contributed by atoms with Gasteiger partial charge in [-0.3, -0.25) is 9.69 Å². The molecule has 1 saturated heterocycles. The van der Waals surface area contributed by atoms with Gasteiger partial charge in [-0.15, -0.1) is 0 Å². The van der Waals surface area contributed by atoms with Gasteiger partial charge < -0.3 is 10.2 Å². The molecule has 1 atom stereocenters. The largest absolute Gasteiger partial charge is 0.339 e. The van der Waals surface area contributed by atoms with Gasteiger partial charge in [0, 0.05) is 31.7 Å². The van der Waals surface area contributed by atoms with Crippen molar-refractivity contribution < 1.29 is 4.79 Å². The Bertz CT molecular complexity index is 253. The van der Waals surface area contributed by atoms with E-state index in [0.717, 1.165) is 26.1 Å². The summed E-state index contributed by atoms with van der Waals surface area (Å²) in [7, 11) is 2.15. The number of amides is 1. The first kappa shape index (κ1) is 11.9. The zero-order chi connectivity index (χ0) is 11.5.